The average molecular weight is 1630 g/mol. The lowest BCUT2D eigenvalue weighted by Crippen LogP contribution is -2.11. The number of benzene rings is 12. The van der Waals surface area contributed by atoms with Crippen molar-refractivity contribution in [2.45, 2.75) is 47.5 Å². The summed E-state index contributed by atoms with van der Waals surface area (Å²) in [6, 6.07) is 60.5. The fourth-order valence-corrected chi connectivity index (χ4v) is 12.9. The number of carbonyl (C=O) groups is 4. The van der Waals surface area contributed by atoms with Crippen molar-refractivity contribution in [3.05, 3.63) is 315 Å². The molecular formula is C96H74O25. The number of esters is 4. The summed E-state index contributed by atoms with van der Waals surface area (Å²) in [6.07, 6.45) is 0. The summed E-state index contributed by atoms with van der Waals surface area (Å²) in [5, 5.41) is 61.5. The average Bonchev–Trinajstić information content (AvgIpc) is 0.777. The number of aromatic hydroxyl groups is 6. The Hall–Kier alpha value is -16.3. The largest absolute Gasteiger partial charge is 0.508 e. The standard InChI is InChI=1S/C21H16O6.C21H18O5.C14H10O4.C14H12O3.C13H8O4.C13H10O3/c1-11(2)19(22)25-13-5-7-15-16-8-6-14(26-20(23)12(3)4)10-18(16)27-21(24)17(15)9-13;1-12(2)20(22)25-15-5-7-17-14(9-15)11-24-19-10-16(6-8-18(17)19)26-21(23)13(3)4;1-17-9-3-5-10-11-4-2-8(15)6-13(11)18-14(16)12(10)7-9;1-16-11-3-5-12-9(6-11)8-17-14-7-10(15)2-4-13(12)14;14-7-1-3-9-10-4-2-8(15)6-12(10)17-13(16)11(9)5-7;14-9-1-3-11-8(5-9)7-16-13-6-10(15)2-4-12(11)13/h5-10H,1,3H2,2,4H3;5-10H,1,3,11H2,2,4H3;2-7,15H,1H3;2-7,15H,8H2,1H3;1-6,14-15H;1-6,14-15H,7H2. The summed E-state index contributed by atoms with van der Waals surface area (Å²) in [7, 11) is 3.19. The number of carbonyl (C=O) groups excluding carboxylic acids is 4. The lowest BCUT2D eigenvalue weighted by molar-refractivity contribution is -0.130. The van der Waals surface area contributed by atoms with Crippen molar-refractivity contribution in [2.24, 2.45) is 0 Å². The first-order valence-electron chi connectivity index (χ1n) is 36.9. The number of methoxy groups -OCH3 is 2. The molecule has 6 N–H and O–H groups in total. The maximum atomic E-state index is 12.4. The van der Waals surface area contributed by atoms with E-state index in [4.69, 9.17) is 55.9 Å². The first kappa shape index (κ1) is 82.7. The van der Waals surface area contributed by atoms with Crippen LogP contribution in [0.25, 0.3) is 98.6 Å². The zero-order valence-electron chi connectivity index (χ0n) is 65.7. The van der Waals surface area contributed by atoms with Crippen LogP contribution in [0.2, 0.25) is 0 Å². The zero-order valence-corrected chi connectivity index (χ0v) is 65.7. The summed E-state index contributed by atoms with van der Waals surface area (Å²) < 4.78 is 63.6. The molecule has 0 saturated heterocycles. The molecule has 121 heavy (non-hydrogen) atoms. The van der Waals surface area contributed by atoms with Crippen LogP contribution in [0.4, 0.5) is 0 Å². The number of phenolic OH excluding ortho intramolecular Hbond substituents is 6. The Balaban J connectivity index is 0.000000127. The van der Waals surface area contributed by atoms with Crippen LogP contribution in [0.1, 0.15) is 44.4 Å². The molecule has 3 aliphatic heterocycles. The first-order valence-corrected chi connectivity index (χ1v) is 36.9. The van der Waals surface area contributed by atoms with Gasteiger partial charge >= 0.3 is 40.8 Å². The van der Waals surface area contributed by atoms with E-state index in [2.05, 4.69) is 26.3 Å². The molecule has 15 aromatic rings. The van der Waals surface area contributed by atoms with Crippen molar-refractivity contribution in [2.75, 3.05) is 14.2 Å². The summed E-state index contributed by atoms with van der Waals surface area (Å²) in [5.74, 6) is 3.44. The Morgan fingerprint density at radius 3 is 0.959 bits per heavy atom. The Morgan fingerprint density at radius 2 is 0.529 bits per heavy atom. The van der Waals surface area contributed by atoms with Crippen molar-refractivity contribution in [1.82, 2.24) is 0 Å². The second kappa shape index (κ2) is 35.4. The molecule has 608 valence electrons. The van der Waals surface area contributed by atoms with Gasteiger partial charge in [0, 0.05) is 124 Å². The van der Waals surface area contributed by atoms with Gasteiger partial charge in [-0.25, -0.2) is 33.6 Å². The molecule has 0 atom stereocenters. The molecule has 0 amide bonds. The van der Waals surface area contributed by atoms with E-state index in [1.807, 2.05) is 54.6 Å². The highest BCUT2D eigenvalue weighted by Gasteiger charge is 2.24. The molecule has 3 aliphatic rings. The van der Waals surface area contributed by atoms with E-state index in [0.717, 1.165) is 77.7 Å². The summed E-state index contributed by atoms with van der Waals surface area (Å²) in [6.45, 7) is 21.7. The Kier molecular flexibility index (Phi) is 24.2. The van der Waals surface area contributed by atoms with E-state index < -0.39 is 40.8 Å². The van der Waals surface area contributed by atoms with Crippen molar-refractivity contribution < 1.29 is 106 Å². The summed E-state index contributed by atoms with van der Waals surface area (Å²) in [5.41, 5.74) is 9.48. The molecule has 0 radical (unpaired) electrons. The molecule has 18 rings (SSSR count). The van der Waals surface area contributed by atoms with Crippen molar-refractivity contribution in [3.63, 3.8) is 0 Å². The van der Waals surface area contributed by atoms with E-state index in [-0.39, 0.29) is 68.1 Å². The predicted octanol–water partition coefficient (Wildman–Crippen LogP) is 18.8. The highest BCUT2D eigenvalue weighted by molar-refractivity contribution is 6.07. The number of rotatable bonds is 10. The third-order valence-electron chi connectivity index (χ3n) is 18.9. The number of hydrogen-bond acceptors (Lipinski definition) is 25. The molecule has 0 bridgehead atoms. The molecule has 6 heterocycles. The highest BCUT2D eigenvalue weighted by Crippen LogP contribution is 2.44. The van der Waals surface area contributed by atoms with Gasteiger partial charge in [0.25, 0.3) is 0 Å². The van der Waals surface area contributed by atoms with Gasteiger partial charge in [0.05, 0.1) is 30.4 Å². The predicted molar refractivity (Wildman–Crippen MR) is 453 cm³/mol. The zero-order chi connectivity index (χ0) is 86.2. The van der Waals surface area contributed by atoms with Crippen molar-refractivity contribution >= 4 is 89.1 Å². The van der Waals surface area contributed by atoms with E-state index >= 15 is 0 Å². The number of ether oxygens (including phenoxy) is 9. The molecule has 0 fully saturated rings. The van der Waals surface area contributed by atoms with Gasteiger partial charge < -0.3 is 86.5 Å². The lowest BCUT2D eigenvalue weighted by Gasteiger charge is -2.22. The molecule has 0 saturated carbocycles. The Bertz CT molecular complexity index is 6830. The number of fused-ring (bicyclic) bond motifs is 18. The molecule has 12 aromatic carbocycles. The second-order valence-electron chi connectivity index (χ2n) is 27.8. The van der Waals surface area contributed by atoms with E-state index in [0.29, 0.717) is 97.8 Å². The van der Waals surface area contributed by atoms with Crippen LogP contribution >= 0.6 is 0 Å². The van der Waals surface area contributed by atoms with E-state index in [1.165, 1.54) is 56.3 Å². The van der Waals surface area contributed by atoms with Gasteiger partial charge in [0.15, 0.2) is 0 Å². The van der Waals surface area contributed by atoms with Gasteiger partial charge in [-0.2, -0.15) is 0 Å². The van der Waals surface area contributed by atoms with Crippen LogP contribution in [-0.2, 0) is 39.0 Å². The molecule has 0 unspecified atom stereocenters. The second-order valence-corrected chi connectivity index (χ2v) is 27.8. The van der Waals surface area contributed by atoms with Gasteiger partial charge in [-0.1, -0.05) is 44.5 Å². The fraction of sp³-hybridized carbons (Fsp3) is 0.0938. The van der Waals surface area contributed by atoms with Crippen LogP contribution < -0.4 is 59.5 Å². The third-order valence-corrected chi connectivity index (χ3v) is 18.9. The van der Waals surface area contributed by atoms with Gasteiger partial charge in [-0.3, -0.25) is 0 Å². The van der Waals surface area contributed by atoms with Gasteiger partial charge in [-0.05, 0) is 208 Å². The Labute approximate surface area is 687 Å². The smallest absolute Gasteiger partial charge is 0.344 e. The minimum absolute atomic E-state index is 0.0166. The maximum absolute atomic E-state index is 12.4. The fourth-order valence-electron chi connectivity index (χ4n) is 12.9. The topological polar surface area (TPSA) is 363 Å². The minimum Gasteiger partial charge on any atom is -0.508 e. The Morgan fingerprint density at radius 1 is 0.273 bits per heavy atom. The van der Waals surface area contributed by atoms with E-state index in [9.17, 15) is 64.2 Å². The van der Waals surface area contributed by atoms with Crippen LogP contribution in [0.5, 0.6) is 86.2 Å². The number of phenols is 6. The van der Waals surface area contributed by atoms with Crippen LogP contribution in [-0.4, -0.2) is 68.7 Å². The highest BCUT2D eigenvalue weighted by atomic mass is 16.6. The number of hydrogen-bond donors (Lipinski definition) is 6. The molecular weight excluding hydrogens is 1550 g/mol. The van der Waals surface area contributed by atoms with Crippen LogP contribution in [0.3, 0.4) is 0 Å². The first-order chi connectivity index (χ1) is 57.9. The van der Waals surface area contributed by atoms with Crippen molar-refractivity contribution in [3.8, 4) is 120 Å². The summed E-state index contributed by atoms with van der Waals surface area (Å²) in [4.78, 5) is 82.5. The SMILES string of the molecule is C=C(C)C(=O)Oc1ccc2c(c1)COc1cc(OC(=O)C(=C)C)ccc1-2.C=C(C)C(=O)Oc1ccc2c(c1)oc(=O)c1cc(OC(=O)C(=C)C)ccc12.COc1ccc2c(c1)COc1cc(O)ccc1-2.COc1ccc2c(c1)c(=O)oc1cc(O)ccc12.O=c1oc2cc(O)ccc2c2ccc(O)cc12.Oc1ccc2c(c1)COc1cc(O)ccc1-2. The van der Waals surface area contributed by atoms with E-state index in [1.54, 1.807) is 149 Å². The molecule has 3 aromatic heterocycles. The van der Waals surface area contributed by atoms with Crippen LogP contribution in [0.15, 0.2) is 295 Å². The normalized spacial score (nSPS) is 11.4. The van der Waals surface area contributed by atoms with Crippen LogP contribution in [0, 0.1) is 0 Å². The van der Waals surface area contributed by atoms with Gasteiger partial charge in [-0.15, -0.1) is 0 Å². The lowest BCUT2D eigenvalue weighted by atomic mass is 9.96. The molecule has 0 aliphatic carbocycles. The molecule has 25 nitrogen and oxygen atoms in total. The third kappa shape index (κ3) is 18.8. The minimum atomic E-state index is -0.603. The monoisotopic (exact) mass is 1630 g/mol. The van der Waals surface area contributed by atoms with Gasteiger partial charge in [0.2, 0.25) is 0 Å². The molecule has 0 spiro atoms. The van der Waals surface area contributed by atoms with Crippen molar-refractivity contribution in [1.29, 1.82) is 0 Å². The summed E-state index contributed by atoms with van der Waals surface area (Å²) >= 11 is 0. The van der Waals surface area contributed by atoms with Gasteiger partial charge in [0.1, 0.15) is 123 Å². The maximum Gasteiger partial charge on any atom is 0.344 e. The quantitative estimate of drug-likeness (QED) is 0.0243. The molecule has 25 heteroatoms.